The third-order valence-electron chi connectivity index (χ3n) is 5.16. The van der Waals surface area contributed by atoms with Gasteiger partial charge in [-0.05, 0) is 57.0 Å². The highest BCUT2D eigenvalue weighted by atomic mass is 16.3. The highest BCUT2D eigenvalue weighted by Crippen LogP contribution is 2.32. The molecular formula is C15H29NO. The molecule has 1 N–H and O–H groups in total. The minimum Gasteiger partial charge on any atom is -0.391 e. The molecule has 0 bridgehead atoms. The van der Waals surface area contributed by atoms with Gasteiger partial charge in [0.1, 0.15) is 0 Å². The van der Waals surface area contributed by atoms with Gasteiger partial charge in [0.2, 0.25) is 0 Å². The van der Waals surface area contributed by atoms with Crippen molar-refractivity contribution in [3.8, 4) is 0 Å². The molecule has 17 heavy (non-hydrogen) atoms. The van der Waals surface area contributed by atoms with E-state index in [1.807, 2.05) is 0 Å². The summed E-state index contributed by atoms with van der Waals surface area (Å²) in [5.74, 6) is 1.79. The van der Waals surface area contributed by atoms with E-state index in [0.29, 0.717) is 6.04 Å². The molecule has 0 spiro atoms. The van der Waals surface area contributed by atoms with Crippen molar-refractivity contribution in [3.63, 3.8) is 0 Å². The number of nitrogens with zero attached hydrogens (tertiary/aromatic N) is 1. The normalized spacial score (nSPS) is 37.2. The van der Waals surface area contributed by atoms with Crippen molar-refractivity contribution in [3.05, 3.63) is 0 Å². The summed E-state index contributed by atoms with van der Waals surface area (Å²) >= 11 is 0. The molecule has 1 aliphatic heterocycles. The van der Waals surface area contributed by atoms with Crippen LogP contribution < -0.4 is 0 Å². The molecule has 3 atom stereocenters. The van der Waals surface area contributed by atoms with E-state index < -0.39 is 0 Å². The van der Waals surface area contributed by atoms with E-state index in [2.05, 4.69) is 18.7 Å². The molecule has 0 aromatic rings. The predicted molar refractivity (Wildman–Crippen MR) is 72.0 cm³/mol. The average Bonchev–Trinajstić information content (AvgIpc) is 2.39. The summed E-state index contributed by atoms with van der Waals surface area (Å²) in [6.45, 7) is 7.04. The first kappa shape index (κ1) is 13.4. The molecule has 0 aromatic heterocycles. The summed E-state index contributed by atoms with van der Waals surface area (Å²) in [4.78, 5) is 2.58. The number of aliphatic hydroxyl groups is 1. The van der Waals surface area contributed by atoms with Crippen LogP contribution in [0.15, 0.2) is 0 Å². The van der Waals surface area contributed by atoms with E-state index in [1.165, 1.54) is 51.6 Å². The second-order valence-electron chi connectivity index (χ2n) is 6.11. The van der Waals surface area contributed by atoms with E-state index in [0.717, 1.165) is 18.3 Å². The van der Waals surface area contributed by atoms with Crippen molar-refractivity contribution in [2.24, 2.45) is 11.8 Å². The minimum absolute atomic E-state index is 0.0593. The first-order valence-electron chi connectivity index (χ1n) is 7.66. The van der Waals surface area contributed by atoms with Crippen LogP contribution in [0.2, 0.25) is 0 Å². The molecule has 0 aromatic carbocycles. The summed E-state index contributed by atoms with van der Waals surface area (Å²) in [6, 6.07) is 0.464. The Balaban J connectivity index is 1.87. The van der Waals surface area contributed by atoms with E-state index in [-0.39, 0.29) is 6.10 Å². The predicted octanol–water partition coefficient (Wildman–Crippen LogP) is 3.05. The van der Waals surface area contributed by atoms with Gasteiger partial charge in [-0.25, -0.2) is 0 Å². The zero-order valence-corrected chi connectivity index (χ0v) is 11.6. The zero-order valence-electron chi connectivity index (χ0n) is 11.6. The highest BCUT2D eigenvalue weighted by molar-refractivity contribution is 4.88. The highest BCUT2D eigenvalue weighted by Gasteiger charge is 2.34. The number of likely N-dealkylation sites (tertiary alicyclic amines) is 1. The maximum Gasteiger partial charge on any atom is 0.0695 e. The number of hydrogen-bond donors (Lipinski definition) is 1. The fraction of sp³-hybridized carbons (Fsp3) is 1.00. The van der Waals surface area contributed by atoms with Crippen molar-refractivity contribution < 1.29 is 5.11 Å². The van der Waals surface area contributed by atoms with Crippen molar-refractivity contribution in [2.45, 2.75) is 70.9 Å². The third-order valence-corrected chi connectivity index (χ3v) is 5.16. The van der Waals surface area contributed by atoms with Crippen LogP contribution in [0.1, 0.15) is 58.8 Å². The molecule has 2 aliphatic rings. The van der Waals surface area contributed by atoms with Gasteiger partial charge in [0.25, 0.3) is 0 Å². The van der Waals surface area contributed by atoms with Crippen molar-refractivity contribution in [1.82, 2.24) is 4.90 Å². The van der Waals surface area contributed by atoms with Gasteiger partial charge in [-0.1, -0.05) is 26.7 Å². The summed E-state index contributed by atoms with van der Waals surface area (Å²) in [5, 5.41) is 10.2. The van der Waals surface area contributed by atoms with Crippen LogP contribution in [0.4, 0.5) is 0 Å². The number of piperidine rings is 1. The Bertz CT molecular complexity index is 223. The molecule has 2 fully saturated rings. The molecule has 0 radical (unpaired) electrons. The molecule has 1 saturated heterocycles. The molecular weight excluding hydrogens is 210 g/mol. The Kier molecular flexibility index (Phi) is 4.87. The van der Waals surface area contributed by atoms with E-state index in [1.54, 1.807) is 0 Å². The van der Waals surface area contributed by atoms with Crippen molar-refractivity contribution >= 4 is 0 Å². The molecule has 1 heterocycles. The summed E-state index contributed by atoms with van der Waals surface area (Å²) < 4.78 is 0. The topological polar surface area (TPSA) is 23.5 Å². The number of rotatable bonds is 3. The van der Waals surface area contributed by atoms with Crippen LogP contribution in [0.25, 0.3) is 0 Å². The maximum atomic E-state index is 10.2. The van der Waals surface area contributed by atoms with Gasteiger partial charge in [-0.15, -0.1) is 0 Å². The maximum absolute atomic E-state index is 10.2. The first-order valence-corrected chi connectivity index (χ1v) is 7.66. The van der Waals surface area contributed by atoms with Gasteiger partial charge >= 0.3 is 0 Å². The molecule has 0 amide bonds. The van der Waals surface area contributed by atoms with Gasteiger partial charge in [-0.2, -0.15) is 0 Å². The van der Waals surface area contributed by atoms with Crippen LogP contribution in [0.5, 0.6) is 0 Å². The van der Waals surface area contributed by atoms with Crippen LogP contribution in [-0.2, 0) is 0 Å². The zero-order chi connectivity index (χ0) is 12.3. The molecule has 1 saturated carbocycles. The monoisotopic (exact) mass is 239 g/mol. The lowest BCUT2D eigenvalue weighted by molar-refractivity contribution is -0.0116. The van der Waals surface area contributed by atoms with Crippen LogP contribution in [0, 0.1) is 11.8 Å². The second-order valence-corrected chi connectivity index (χ2v) is 6.11. The van der Waals surface area contributed by atoms with Gasteiger partial charge < -0.3 is 5.11 Å². The second kappa shape index (κ2) is 6.19. The fourth-order valence-electron chi connectivity index (χ4n) is 3.67. The van der Waals surface area contributed by atoms with E-state index in [9.17, 15) is 5.11 Å². The molecule has 1 aliphatic carbocycles. The first-order chi connectivity index (χ1) is 8.24. The molecule has 2 nitrogen and oxygen atoms in total. The summed E-state index contributed by atoms with van der Waals surface area (Å²) in [7, 11) is 0. The number of aliphatic hydroxyl groups excluding tert-OH is 1. The van der Waals surface area contributed by atoms with Crippen LogP contribution >= 0.6 is 0 Å². The molecule has 100 valence electrons. The fourth-order valence-corrected chi connectivity index (χ4v) is 3.67. The standard InChI is InChI=1S/C15H29NO/c1-3-12-7-9-16(10-8-12)14-11-13(4-2)5-6-15(14)17/h12-15,17H,3-11H2,1-2H3. The Morgan fingerprint density at radius 2 is 1.59 bits per heavy atom. The Hall–Kier alpha value is -0.0800. The average molecular weight is 239 g/mol. The summed E-state index contributed by atoms with van der Waals surface area (Å²) in [5.41, 5.74) is 0. The van der Waals surface area contributed by atoms with Gasteiger partial charge in [-0.3, -0.25) is 4.90 Å². The minimum atomic E-state index is -0.0593. The molecule has 3 unspecified atom stereocenters. The SMILES string of the molecule is CCC1CCN(C2CC(CC)CCC2O)CC1. The van der Waals surface area contributed by atoms with Crippen LogP contribution in [0.3, 0.4) is 0 Å². The van der Waals surface area contributed by atoms with Crippen molar-refractivity contribution in [2.75, 3.05) is 13.1 Å². The van der Waals surface area contributed by atoms with E-state index in [4.69, 9.17) is 0 Å². The Morgan fingerprint density at radius 1 is 0.941 bits per heavy atom. The molecule has 2 heteroatoms. The Labute approximate surface area is 106 Å². The lowest BCUT2D eigenvalue weighted by Gasteiger charge is -2.43. The third kappa shape index (κ3) is 3.23. The lowest BCUT2D eigenvalue weighted by Crippen LogP contribution is -2.50. The van der Waals surface area contributed by atoms with Crippen molar-refractivity contribution in [1.29, 1.82) is 0 Å². The van der Waals surface area contributed by atoms with Gasteiger partial charge in [0.15, 0.2) is 0 Å². The smallest absolute Gasteiger partial charge is 0.0695 e. The number of hydrogen-bond acceptors (Lipinski definition) is 2. The quantitative estimate of drug-likeness (QED) is 0.818. The largest absolute Gasteiger partial charge is 0.391 e. The van der Waals surface area contributed by atoms with E-state index >= 15 is 0 Å². The summed E-state index contributed by atoms with van der Waals surface area (Å²) in [6.07, 6.45) is 8.74. The molecule has 2 rings (SSSR count). The lowest BCUT2D eigenvalue weighted by atomic mass is 9.80. The van der Waals surface area contributed by atoms with Gasteiger partial charge in [0.05, 0.1) is 6.10 Å². The Morgan fingerprint density at radius 3 is 2.18 bits per heavy atom. The van der Waals surface area contributed by atoms with Crippen LogP contribution in [-0.4, -0.2) is 35.2 Å². The van der Waals surface area contributed by atoms with Gasteiger partial charge in [0, 0.05) is 6.04 Å².